The van der Waals surface area contributed by atoms with Gasteiger partial charge in [-0.3, -0.25) is 20.1 Å². The molecule has 0 spiro atoms. The number of carbonyl (C=O) groups excluding carboxylic acids is 1. The average Bonchev–Trinajstić information content (AvgIpc) is 2.83. The van der Waals surface area contributed by atoms with E-state index in [0.29, 0.717) is 5.56 Å². The van der Waals surface area contributed by atoms with Crippen LogP contribution in [0.4, 0.5) is 16.2 Å². The van der Waals surface area contributed by atoms with Gasteiger partial charge >= 0.3 is 6.09 Å². The molecule has 0 saturated carbocycles. The third-order valence-corrected chi connectivity index (χ3v) is 2.87. The van der Waals surface area contributed by atoms with E-state index in [1.807, 2.05) is 0 Å². The van der Waals surface area contributed by atoms with E-state index in [9.17, 15) is 14.9 Å². The quantitative estimate of drug-likeness (QED) is 0.691. The Hall–Kier alpha value is -2.90. The van der Waals surface area contributed by atoms with Crippen LogP contribution in [0.5, 0.6) is 0 Å². The van der Waals surface area contributed by atoms with Gasteiger partial charge < -0.3 is 4.74 Å². The van der Waals surface area contributed by atoms with Crippen molar-refractivity contribution in [2.75, 3.05) is 5.32 Å². The molecule has 0 radical (unpaired) electrons. The average molecular weight is 318 g/mol. The molecular weight excluding hydrogens is 300 g/mol. The lowest BCUT2D eigenvalue weighted by molar-refractivity contribution is -0.383. The van der Waals surface area contributed by atoms with Crippen LogP contribution in [-0.2, 0) is 11.8 Å². The van der Waals surface area contributed by atoms with Crippen molar-refractivity contribution in [3.05, 3.63) is 40.7 Å². The van der Waals surface area contributed by atoms with Crippen LogP contribution in [0.25, 0.3) is 11.1 Å². The Balaban J connectivity index is 2.30. The first-order chi connectivity index (χ1) is 10.7. The van der Waals surface area contributed by atoms with Crippen LogP contribution in [-0.4, -0.2) is 26.4 Å². The van der Waals surface area contributed by atoms with Crippen LogP contribution in [0, 0.1) is 10.1 Å². The summed E-state index contributed by atoms with van der Waals surface area (Å²) in [6.07, 6.45) is 2.62. The Labute approximate surface area is 133 Å². The van der Waals surface area contributed by atoms with E-state index in [0.717, 1.165) is 5.56 Å². The van der Waals surface area contributed by atoms with Crippen molar-refractivity contribution in [3.63, 3.8) is 0 Å². The molecule has 2 rings (SSSR count). The number of amides is 1. The van der Waals surface area contributed by atoms with Crippen molar-refractivity contribution in [1.29, 1.82) is 0 Å². The van der Waals surface area contributed by atoms with Crippen LogP contribution in [0.15, 0.2) is 30.6 Å². The lowest BCUT2D eigenvalue weighted by Gasteiger charge is -2.19. The third-order valence-electron chi connectivity index (χ3n) is 2.87. The summed E-state index contributed by atoms with van der Waals surface area (Å²) >= 11 is 0. The number of nitro benzene ring substituents is 1. The summed E-state index contributed by atoms with van der Waals surface area (Å²) in [5.74, 6) is 0. The van der Waals surface area contributed by atoms with Crippen molar-refractivity contribution < 1.29 is 14.5 Å². The van der Waals surface area contributed by atoms with Gasteiger partial charge in [0.05, 0.1) is 11.1 Å². The minimum Gasteiger partial charge on any atom is -0.444 e. The largest absolute Gasteiger partial charge is 0.444 e. The molecule has 1 aromatic carbocycles. The molecule has 0 bridgehead atoms. The second-order valence-electron chi connectivity index (χ2n) is 6.02. The minimum atomic E-state index is -0.741. The highest BCUT2D eigenvalue weighted by atomic mass is 16.6. The number of nitrogens with zero attached hydrogens (tertiary/aromatic N) is 3. The number of hydrogen-bond donors (Lipinski definition) is 1. The number of ether oxygens (including phenoxy) is 1. The number of aromatic nitrogens is 2. The Morgan fingerprint density at radius 1 is 1.35 bits per heavy atom. The van der Waals surface area contributed by atoms with E-state index in [1.54, 1.807) is 51.0 Å². The Morgan fingerprint density at radius 2 is 2.04 bits per heavy atom. The predicted octanol–water partition coefficient (Wildman–Crippen LogP) is 3.34. The molecule has 1 heterocycles. The number of benzene rings is 1. The van der Waals surface area contributed by atoms with Crippen molar-refractivity contribution in [1.82, 2.24) is 9.78 Å². The van der Waals surface area contributed by atoms with Gasteiger partial charge in [-0.2, -0.15) is 5.10 Å². The first-order valence-electron chi connectivity index (χ1n) is 6.93. The lowest BCUT2D eigenvalue weighted by Crippen LogP contribution is -2.27. The minimum absolute atomic E-state index is 0.0805. The molecule has 0 aliphatic carbocycles. The van der Waals surface area contributed by atoms with Crippen LogP contribution in [0.3, 0.4) is 0 Å². The van der Waals surface area contributed by atoms with Crippen molar-refractivity contribution >= 4 is 17.5 Å². The standard InChI is InChI=1S/C15H18N4O4/c1-15(2,3)23-14(20)17-12-6-5-10(7-13(12)19(21)22)11-8-16-18(4)9-11/h5-9H,1-4H3,(H,17,20). The van der Waals surface area contributed by atoms with Gasteiger partial charge in [0.2, 0.25) is 0 Å². The third kappa shape index (κ3) is 4.29. The van der Waals surface area contributed by atoms with E-state index in [4.69, 9.17) is 4.74 Å². The van der Waals surface area contributed by atoms with E-state index < -0.39 is 16.6 Å². The highest BCUT2D eigenvalue weighted by Crippen LogP contribution is 2.30. The van der Waals surface area contributed by atoms with Crippen LogP contribution in [0.2, 0.25) is 0 Å². The van der Waals surface area contributed by atoms with Gasteiger partial charge in [-0.15, -0.1) is 0 Å². The van der Waals surface area contributed by atoms with E-state index >= 15 is 0 Å². The summed E-state index contributed by atoms with van der Waals surface area (Å²) in [7, 11) is 1.76. The number of rotatable bonds is 3. The van der Waals surface area contributed by atoms with Gasteiger partial charge in [0.25, 0.3) is 5.69 Å². The maximum absolute atomic E-state index is 11.8. The summed E-state index contributed by atoms with van der Waals surface area (Å²) in [6, 6.07) is 4.55. The monoisotopic (exact) mass is 318 g/mol. The summed E-state index contributed by atoms with van der Waals surface area (Å²) in [5, 5.41) is 17.7. The zero-order chi connectivity index (χ0) is 17.2. The molecule has 1 N–H and O–H groups in total. The molecule has 0 aliphatic heterocycles. The van der Waals surface area contributed by atoms with Crippen LogP contribution in [0.1, 0.15) is 20.8 Å². The lowest BCUT2D eigenvalue weighted by atomic mass is 10.1. The van der Waals surface area contributed by atoms with Gasteiger partial charge in [0.15, 0.2) is 0 Å². The fourth-order valence-corrected chi connectivity index (χ4v) is 1.95. The molecule has 8 heteroatoms. The molecule has 23 heavy (non-hydrogen) atoms. The first-order valence-corrected chi connectivity index (χ1v) is 6.93. The van der Waals surface area contributed by atoms with Crippen molar-refractivity contribution in [2.45, 2.75) is 26.4 Å². The molecule has 2 aromatic rings. The summed E-state index contributed by atoms with van der Waals surface area (Å²) in [6.45, 7) is 5.14. The van der Waals surface area contributed by atoms with Gasteiger partial charge in [0, 0.05) is 24.9 Å². The summed E-state index contributed by atoms with van der Waals surface area (Å²) in [4.78, 5) is 22.5. The smallest absolute Gasteiger partial charge is 0.412 e. The van der Waals surface area contributed by atoms with E-state index in [2.05, 4.69) is 10.4 Å². The molecule has 0 aliphatic rings. The number of hydrogen-bond acceptors (Lipinski definition) is 5. The Bertz CT molecular complexity index is 746. The molecular formula is C15H18N4O4. The summed E-state index contributed by atoms with van der Waals surface area (Å²) < 4.78 is 6.71. The number of anilines is 1. The number of nitrogens with one attached hydrogen (secondary N) is 1. The Kier molecular flexibility index (Phi) is 4.35. The van der Waals surface area contributed by atoms with Gasteiger partial charge in [-0.1, -0.05) is 6.07 Å². The first kappa shape index (κ1) is 16.5. The maximum atomic E-state index is 11.8. The van der Waals surface area contributed by atoms with Gasteiger partial charge in [0.1, 0.15) is 11.3 Å². The zero-order valence-corrected chi connectivity index (χ0v) is 13.4. The fourth-order valence-electron chi connectivity index (χ4n) is 1.95. The van der Waals surface area contributed by atoms with E-state index in [1.165, 1.54) is 12.1 Å². The van der Waals surface area contributed by atoms with Gasteiger partial charge in [-0.25, -0.2) is 4.79 Å². The molecule has 0 unspecified atom stereocenters. The predicted molar refractivity (Wildman–Crippen MR) is 85.2 cm³/mol. The normalized spacial score (nSPS) is 11.1. The number of aryl methyl sites for hydroxylation is 1. The number of carbonyl (C=O) groups is 1. The second-order valence-corrected chi connectivity index (χ2v) is 6.02. The maximum Gasteiger partial charge on any atom is 0.412 e. The zero-order valence-electron chi connectivity index (χ0n) is 13.4. The molecule has 0 fully saturated rings. The summed E-state index contributed by atoms with van der Waals surface area (Å²) in [5.41, 5.74) is 0.571. The molecule has 0 atom stereocenters. The molecule has 1 amide bonds. The van der Waals surface area contributed by atoms with Crippen molar-refractivity contribution in [2.24, 2.45) is 7.05 Å². The second kappa shape index (κ2) is 6.07. The highest BCUT2D eigenvalue weighted by molar-refractivity contribution is 5.89. The van der Waals surface area contributed by atoms with Gasteiger partial charge in [-0.05, 0) is 32.4 Å². The molecule has 0 saturated heterocycles. The fraction of sp³-hybridized carbons (Fsp3) is 0.333. The SMILES string of the molecule is Cn1cc(-c2ccc(NC(=O)OC(C)(C)C)c([N+](=O)[O-])c2)cn1. The van der Waals surface area contributed by atoms with Crippen LogP contribution >= 0.6 is 0 Å². The van der Waals surface area contributed by atoms with Crippen molar-refractivity contribution in [3.8, 4) is 11.1 Å². The van der Waals surface area contributed by atoms with E-state index in [-0.39, 0.29) is 11.4 Å². The number of nitro groups is 1. The molecule has 8 nitrogen and oxygen atoms in total. The molecule has 1 aromatic heterocycles. The highest BCUT2D eigenvalue weighted by Gasteiger charge is 2.21. The Morgan fingerprint density at radius 3 is 2.57 bits per heavy atom. The van der Waals surface area contributed by atoms with Crippen LogP contribution < -0.4 is 5.32 Å². The molecule has 122 valence electrons. The topological polar surface area (TPSA) is 99.3 Å².